The van der Waals surface area contributed by atoms with Crippen LogP contribution in [0.2, 0.25) is 0 Å². The second-order valence-corrected chi connectivity index (χ2v) is 6.48. The summed E-state index contributed by atoms with van der Waals surface area (Å²) in [7, 11) is 0. The van der Waals surface area contributed by atoms with Crippen molar-refractivity contribution in [1.29, 1.82) is 0 Å². The number of terminal acetylenes is 1. The molecule has 136 valence electrons. The lowest BCUT2D eigenvalue weighted by Gasteiger charge is -2.11. The molecule has 1 fully saturated rings. The number of nitrogens with zero attached hydrogens (tertiary/aromatic N) is 1. The van der Waals surface area contributed by atoms with Crippen LogP contribution < -0.4 is 14.8 Å². The summed E-state index contributed by atoms with van der Waals surface area (Å²) < 4.78 is 11.1. The molecule has 3 rings (SSSR count). The fraction of sp³-hybridized carbons (Fsp3) is 0.143. The number of aliphatic imine (C=N–C) groups is 1. The first-order valence-corrected chi connectivity index (χ1v) is 9.19. The molecule has 1 saturated heterocycles. The van der Waals surface area contributed by atoms with Gasteiger partial charge in [-0.25, -0.2) is 4.99 Å². The molecular formula is C21H18N2O3S. The summed E-state index contributed by atoms with van der Waals surface area (Å²) in [6, 6.07) is 14.9. The molecule has 0 radical (unpaired) electrons. The highest BCUT2D eigenvalue weighted by Gasteiger charge is 2.24. The Hall–Kier alpha value is -3.17. The van der Waals surface area contributed by atoms with Crippen LogP contribution in [-0.2, 0) is 4.79 Å². The number of hydrogen-bond acceptors (Lipinski definition) is 5. The predicted molar refractivity (Wildman–Crippen MR) is 109 cm³/mol. The third kappa shape index (κ3) is 4.93. The number of carbonyl (C=O) groups is 1. The maximum absolute atomic E-state index is 12.2. The quantitative estimate of drug-likeness (QED) is 0.610. The lowest BCUT2D eigenvalue weighted by atomic mass is 10.2. The van der Waals surface area contributed by atoms with E-state index in [-0.39, 0.29) is 12.5 Å². The topological polar surface area (TPSA) is 59.9 Å². The molecule has 2 aromatic rings. The minimum atomic E-state index is -0.180. The predicted octanol–water partition coefficient (Wildman–Crippen LogP) is 3.99. The average molecular weight is 378 g/mol. The molecule has 6 heteroatoms. The van der Waals surface area contributed by atoms with Crippen LogP contribution in [0, 0.1) is 12.3 Å². The average Bonchev–Trinajstić information content (AvgIpc) is 3.01. The van der Waals surface area contributed by atoms with Gasteiger partial charge < -0.3 is 14.8 Å². The van der Waals surface area contributed by atoms with Crippen molar-refractivity contribution in [2.24, 2.45) is 4.99 Å². The molecule has 5 nitrogen and oxygen atoms in total. The largest absolute Gasteiger partial charge is 0.490 e. The van der Waals surface area contributed by atoms with E-state index in [4.69, 9.17) is 15.9 Å². The summed E-state index contributed by atoms with van der Waals surface area (Å²) in [5, 5.41) is 3.33. The van der Waals surface area contributed by atoms with E-state index in [0.29, 0.717) is 28.2 Å². The second-order valence-electron chi connectivity index (χ2n) is 5.45. The van der Waals surface area contributed by atoms with E-state index in [0.717, 1.165) is 11.3 Å². The molecule has 0 spiro atoms. The molecule has 1 N–H and O–H groups in total. The molecule has 1 aliphatic rings. The van der Waals surface area contributed by atoms with Gasteiger partial charge in [0.2, 0.25) is 0 Å². The van der Waals surface area contributed by atoms with Crippen molar-refractivity contribution in [2.75, 3.05) is 13.2 Å². The molecule has 0 bridgehead atoms. The summed E-state index contributed by atoms with van der Waals surface area (Å²) >= 11 is 1.30. The van der Waals surface area contributed by atoms with Gasteiger partial charge in [0.25, 0.3) is 5.91 Å². The zero-order valence-corrected chi connectivity index (χ0v) is 15.6. The van der Waals surface area contributed by atoms with E-state index in [1.54, 1.807) is 12.1 Å². The number of nitrogens with one attached hydrogen (secondary N) is 1. The lowest BCUT2D eigenvalue weighted by molar-refractivity contribution is -0.115. The molecule has 1 heterocycles. The first kappa shape index (κ1) is 18.6. The van der Waals surface area contributed by atoms with Gasteiger partial charge in [-0.2, -0.15) is 0 Å². The van der Waals surface area contributed by atoms with Crippen molar-refractivity contribution < 1.29 is 14.3 Å². The number of thioether (sulfide) groups is 1. The number of ether oxygens (including phenoxy) is 2. The summed E-state index contributed by atoms with van der Waals surface area (Å²) in [6.45, 7) is 2.55. The van der Waals surface area contributed by atoms with E-state index in [1.807, 2.05) is 49.4 Å². The van der Waals surface area contributed by atoms with Gasteiger partial charge in [0.15, 0.2) is 16.7 Å². The first-order valence-electron chi connectivity index (χ1n) is 8.37. The van der Waals surface area contributed by atoms with Crippen LogP contribution in [-0.4, -0.2) is 24.3 Å². The Kier molecular flexibility index (Phi) is 6.18. The van der Waals surface area contributed by atoms with Gasteiger partial charge in [0.1, 0.15) is 6.61 Å². The smallest absolute Gasteiger partial charge is 0.264 e. The van der Waals surface area contributed by atoms with Gasteiger partial charge in [0.05, 0.1) is 17.2 Å². The highest BCUT2D eigenvalue weighted by atomic mass is 32.2. The van der Waals surface area contributed by atoms with Crippen molar-refractivity contribution in [3.63, 3.8) is 0 Å². The second kappa shape index (κ2) is 8.97. The van der Waals surface area contributed by atoms with Gasteiger partial charge >= 0.3 is 0 Å². The molecule has 0 unspecified atom stereocenters. The minimum absolute atomic E-state index is 0.165. The summed E-state index contributed by atoms with van der Waals surface area (Å²) in [4.78, 5) is 17.2. The Morgan fingerprint density at radius 3 is 2.74 bits per heavy atom. The Bertz CT molecular complexity index is 930. The van der Waals surface area contributed by atoms with Crippen LogP contribution in [0.1, 0.15) is 12.5 Å². The monoisotopic (exact) mass is 378 g/mol. The summed E-state index contributed by atoms with van der Waals surface area (Å²) in [6.07, 6.45) is 7.03. The van der Waals surface area contributed by atoms with Gasteiger partial charge in [0, 0.05) is 0 Å². The highest BCUT2D eigenvalue weighted by molar-refractivity contribution is 8.18. The van der Waals surface area contributed by atoms with Gasteiger partial charge in [-0.15, -0.1) is 6.42 Å². The van der Waals surface area contributed by atoms with E-state index < -0.39 is 0 Å². The maximum atomic E-state index is 12.2. The summed E-state index contributed by atoms with van der Waals surface area (Å²) in [5.74, 6) is 3.41. The molecule has 1 aliphatic heterocycles. The summed E-state index contributed by atoms with van der Waals surface area (Å²) in [5.41, 5.74) is 1.61. The van der Waals surface area contributed by atoms with Gasteiger partial charge in [-0.1, -0.05) is 30.2 Å². The van der Waals surface area contributed by atoms with E-state index >= 15 is 0 Å². The molecule has 1 amide bonds. The number of amides is 1. The normalized spacial score (nSPS) is 16.2. The van der Waals surface area contributed by atoms with Crippen LogP contribution in [0.3, 0.4) is 0 Å². The molecule has 0 aromatic heterocycles. The van der Waals surface area contributed by atoms with E-state index in [9.17, 15) is 4.79 Å². The molecule has 2 aromatic carbocycles. The van der Waals surface area contributed by atoms with Crippen LogP contribution in [0.4, 0.5) is 5.69 Å². The number of para-hydroxylation sites is 1. The fourth-order valence-electron chi connectivity index (χ4n) is 2.37. The lowest BCUT2D eigenvalue weighted by Crippen LogP contribution is -2.19. The number of rotatable bonds is 6. The number of hydrogen-bond donors (Lipinski definition) is 1. The zero-order chi connectivity index (χ0) is 19.1. The number of benzene rings is 2. The van der Waals surface area contributed by atoms with Gasteiger partial charge in [-0.05, 0) is 54.6 Å². The van der Waals surface area contributed by atoms with Crippen molar-refractivity contribution in [1.82, 2.24) is 5.32 Å². The highest BCUT2D eigenvalue weighted by Crippen LogP contribution is 2.32. The Morgan fingerprint density at radius 1 is 1.19 bits per heavy atom. The van der Waals surface area contributed by atoms with Gasteiger partial charge in [-0.3, -0.25) is 4.79 Å². The number of carbonyl (C=O) groups excluding carboxylic acids is 1. The minimum Gasteiger partial charge on any atom is -0.490 e. The first-order chi connectivity index (χ1) is 13.2. The van der Waals surface area contributed by atoms with E-state index in [2.05, 4.69) is 16.2 Å². The fourth-order valence-corrected chi connectivity index (χ4v) is 3.21. The third-order valence-electron chi connectivity index (χ3n) is 3.51. The molecular weight excluding hydrogens is 360 g/mol. The Labute approximate surface area is 162 Å². The number of amidine groups is 1. The molecule has 0 atom stereocenters. The van der Waals surface area contributed by atoms with E-state index in [1.165, 1.54) is 11.8 Å². The zero-order valence-electron chi connectivity index (χ0n) is 14.8. The molecule has 0 aliphatic carbocycles. The van der Waals surface area contributed by atoms with Crippen molar-refractivity contribution >= 4 is 34.6 Å². The maximum Gasteiger partial charge on any atom is 0.264 e. The van der Waals surface area contributed by atoms with Crippen LogP contribution in [0.5, 0.6) is 11.5 Å². The van der Waals surface area contributed by atoms with Crippen LogP contribution >= 0.6 is 11.8 Å². The van der Waals surface area contributed by atoms with Crippen LogP contribution in [0.25, 0.3) is 6.08 Å². The standard InChI is InChI=1S/C21H18N2O3S/c1-3-12-26-17-11-10-15(13-18(17)25-4-2)14-19-20(24)23-21(27-19)22-16-8-6-5-7-9-16/h1,5-11,13-14H,4,12H2,2H3,(H,22,23,24)/b19-14-. The van der Waals surface area contributed by atoms with Crippen molar-refractivity contribution in [3.8, 4) is 23.8 Å². The Balaban J connectivity index is 1.81. The van der Waals surface area contributed by atoms with Crippen LogP contribution in [0.15, 0.2) is 58.4 Å². The van der Waals surface area contributed by atoms with Crippen molar-refractivity contribution in [2.45, 2.75) is 6.92 Å². The SMILES string of the molecule is C#CCOc1ccc(/C=C2\SC(=Nc3ccccc3)NC2=O)cc1OCC. The third-order valence-corrected chi connectivity index (χ3v) is 4.42. The molecule has 27 heavy (non-hydrogen) atoms. The van der Waals surface area contributed by atoms with Crippen molar-refractivity contribution in [3.05, 3.63) is 59.0 Å². The Morgan fingerprint density at radius 2 is 2.00 bits per heavy atom. The molecule has 0 saturated carbocycles.